The van der Waals surface area contributed by atoms with Gasteiger partial charge in [-0.2, -0.15) is 10.2 Å². The molecule has 0 radical (unpaired) electrons. The molecule has 22 heavy (non-hydrogen) atoms. The number of benzene rings is 1. The number of aryl methyl sites for hydroxylation is 1. The second kappa shape index (κ2) is 6.03. The summed E-state index contributed by atoms with van der Waals surface area (Å²) >= 11 is 5.98. The van der Waals surface area contributed by atoms with Gasteiger partial charge in [0.1, 0.15) is 0 Å². The predicted molar refractivity (Wildman–Crippen MR) is 83.9 cm³/mol. The Morgan fingerprint density at radius 3 is 2.91 bits per heavy atom. The fraction of sp³-hybridized carbons (Fsp3) is 0.133. The fourth-order valence-corrected chi connectivity index (χ4v) is 2.40. The molecule has 0 unspecified atom stereocenters. The average molecular weight is 316 g/mol. The van der Waals surface area contributed by atoms with Crippen molar-refractivity contribution >= 4 is 23.2 Å². The molecule has 1 N–H and O–H groups in total. The Kier molecular flexibility index (Phi) is 3.93. The maximum absolute atomic E-state index is 12.2. The van der Waals surface area contributed by atoms with Crippen LogP contribution in [-0.4, -0.2) is 25.5 Å². The van der Waals surface area contributed by atoms with Gasteiger partial charge in [0, 0.05) is 31.3 Å². The monoisotopic (exact) mass is 315 g/mol. The minimum Gasteiger partial charge on any atom is -0.321 e. The molecule has 0 bridgehead atoms. The lowest BCUT2D eigenvalue weighted by Crippen LogP contribution is -2.13. The Balaban J connectivity index is 1.75. The zero-order valence-electron chi connectivity index (χ0n) is 11.9. The van der Waals surface area contributed by atoms with E-state index in [1.165, 1.54) is 4.68 Å². The van der Waals surface area contributed by atoms with Crippen LogP contribution in [0.2, 0.25) is 5.02 Å². The number of amides is 1. The molecular formula is C15H14ClN5O. The van der Waals surface area contributed by atoms with Gasteiger partial charge in [-0.15, -0.1) is 0 Å². The van der Waals surface area contributed by atoms with E-state index < -0.39 is 0 Å². The molecule has 0 spiro atoms. The third-order valence-corrected chi connectivity index (χ3v) is 3.36. The van der Waals surface area contributed by atoms with E-state index in [1.807, 2.05) is 41.2 Å². The number of anilines is 1. The van der Waals surface area contributed by atoms with Gasteiger partial charge in [-0.1, -0.05) is 23.7 Å². The van der Waals surface area contributed by atoms with E-state index in [9.17, 15) is 4.79 Å². The normalized spacial score (nSPS) is 10.6. The van der Waals surface area contributed by atoms with Crippen LogP contribution in [0.15, 0.2) is 48.9 Å². The van der Waals surface area contributed by atoms with Crippen LogP contribution in [-0.2, 0) is 13.6 Å². The fourth-order valence-electron chi connectivity index (χ4n) is 2.13. The first kappa shape index (κ1) is 14.3. The van der Waals surface area contributed by atoms with E-state index in [4.69, 9.17) is 11.6 Å². The third kappa shape index (κ3) is 3.17. The standard InChI is InChI=1S/C15H14ClN5O/c1-20-10-13(16)14(19-20)15(22)18-12-5-2-4-11(8-12)9-21-7-3-6-17-21/h2-8,10H,9H2,1H3,(H,18,22). The third-order valence-electron chi connectivity index (χ3n) is 3.09. The van der Waals surface area contributed by atoms with Gasteiger partial charge < -0.3 is 5.32 Å². The molecule has 3 aromatic rings. The number of hydrogen-bond donors (Lipinski definition) is 1. The molecule has 0 aliphatic heterocycles. The number of hydrogen-bond acceptors (Lipinski definition) is 3. The largest absolute Gasteiger partial charge is 0.321 e. The van der Waals surface area contributed by atoms with Crippen LogP contribution in [0.4, 0.5) is 5.69 Å². The molecule has 7 heteroatoms. The Labute approximate surface area is 132 Å². The van der Waals surface area contributed by atoms with Gasteiger partial charge in [-0.25, -0.2) is 0 Å². The van der Waals surface area contributed by atoms with E-state index in [1.54, 1.807) is 19.4 Å². The molecule has 0 saturated heterocycles. The van der Waals surface area contributed by atoms with Crippen molar-refractivity contribution in [1.29, 1.82) is 0 Å². The Bertz CT molecular complexity index is 794. The van der Waals surface area contributed by atoms with Crippen molar-refractivity contribution < 1.29 is 4.79 Å². The zero-order chi connectivity index (χ0) is 15.5. The molecule has 0 aliphatic rings. The lowest BCUT2D eigenvalue weighted by molar-refractivity contribution is 0.102. The highest BCUT2D eigenvalue weighted by molar-refractivity contribution is 6.34. The molecule has 3 rings (SSSR count). The first-order valence-corrected chi connectivity index (χ1v) is 7.06. The molecule has 2 aromatic heterocycles. The van der Waals surface area contributed by atoms with Crippen molar-refractivity contribution in [2.75, 3.05) is 5.32 Å². The molecule has 112 valence electrons. The molecule has 2 heterocycles. The van der Waals surface area contributed by atoms with Crippen molar-refractivity contribution in [2.45, 2.75) is 6.54 Å². The minimum atomic E-state index is -0.332. The molecular weight excluding hydrogens is 302 g/mol. The summed E-state index contributed by atoms with van der Waals surface area (Å²) in [4.78, 5) is 12.2. The number of carbonyl (C=O) groups excluding carboxylic acids is 1. The minimum absolute atomic E-state index is 0.210. The molecule has 0 fully saturated rings. The number of carbonyl (C=O) groups is 1. The summed E-state index contributed by atoms with van der Waals surface area (Å²) < 4.78 is 3.32. The van der Waals surface area contributed by atoms with Crippen molar-refractivity contribution in [3.63, 3.8) is 0 Å². The van der Waals surface area contributed by atoms with E-state index >= 15 is 0 Å². The number of halogens is 1. The second-order valence-electron chi connectivity index (χ2n) is 4.86. The van der Waals surface area contributed by atoms with E-state index in [0.29, 0.717) is 17.3 Å². The van der Waals surface area contributed by atoms with Gasteiger partial charge >= 0.3 is 0 Å². The van der Waals surface area contributed by atoms with Crippen molar-refractivity contribution in [3.8, 4) is 0 Å². The van der Waals surface area contributed by atoms with Crippen LogP contribution < -0.4 is 5.32 Å². The molecule has 0 atom stereocenters. The maximum atomic E-state index is 12.2. The molecule has 6 nitrogen and oxygen atoms in total. The van der Waals surface area contributed by atoms with Gasteiger partial charge in [0.15, 0.2) is 5.69 Å². The van der Waals surface area contributed by atoms with Gasteiger partial charge in [0.25, 0.3) is 5.91 Å². The van der Waals surface area contributed by atoms with Crippen molar-refractivity contribution in [2.24, 2.45) is 7.05 Å². The quantitative estimate of drug-likeness (QED) is 0.804. The van der Waals surface area contributed by atoms with Crippen molar-refractivity contribution in [3.05, 3.63) is 65.2 Å². The highest BCUT2D eigenvalue weighted by Gasteiger charge is 2.14. The van der Waals surface area contributed by atoms with Crippen molar-refractivity contribution in [1.82, 2.24) is 19.6 Å². The first-order chi connectivity index (χ1) is 10.6. The van der Waals surface area contributed by atoms with E-state index in [2.05, 4.69) is 15.5 Å². The zero-order valence-corrected chi connectivity index (χ0v) is 12.7. The SMILES string of the molecule is Cn1cc(Cl)c(C(=O)Nc2cccc(Cn3cccn3)c2)n1. The maximum Gasteiger partial charge on any atom is 0.277 e. The van der Waals surface area contributed by atoms with Gasteiger partial charge in [0.2, 0.25) is 0 Å². The summed E-state index contributed by atoms with van der Waals surface area (Å²) in [5.74, 6) is -0.332. The lowest BCUT2D eigenvalue weighted by atomic mass is 10.2. The smallest absolute Gasteiger partial charge is 0.277 e. The van der Waals surface area contributed by atoms with Crippen LogP contribution in [0.25, 0.3) is 0 Å². The summed E-state index contributed by atoms with van der Waals surface area (Å²) in [7, 11) is 1.72. The number of rotatable bonds is 4. The van der Waals surface area contributed by atoms with Gasteiger partial charge in [0.05, 0.1) is 11.6 Å². The topological polar surface area (TPSA) is 64.7 Å². The predicted octanol–water partition coefficient (Wildman–Crippen LogP) is 2.57. The highest BCUT2D eigenvalue weighted by atomic mass is 35.5. The van der Waals surface area contributed by atoms with E-state index in [-0.39, 0.29) is 11.6 Å². The molecule has 1 amide bonds. The summed E-state index contributed by atoms with van der Waals surface area (Å²) in [5.41, 5.74) is 1.94. The Hall–Kier alpha value is -2.60. The van der Waals surface area contributed by atoms with E-state index in [0.717, 1.165) is 5.56 Å². The van der Waals surface area contributed by atoms with Gasteiger partial charge in [-0.3, -0.25) is 14.2 Å². The lowest BCUT2D eigenvalue weighted by Gasteiger charge is -2.07. The summed E-state index contributed by atoms with van der Waals surface area (Å²) in [6.45, 7) is 0.640. The van der Waals surface area contributed by atoms with Gasteiger partial charge in [-0.05, 0) is 23.8 Å². The molecule has 1 aromatic carbocycles. The summed E-state index contributed by atoms with van der Waals surface area (Å²) in [6, 6.07) is 9.45. The number of nitrogens with zero attached hydrogens (tertiary/aromatic N) is 4. The number of nitrogens with one attached hydrogen (secondary N) is 1. The van der Waals surface area contributed by atoms with Crippen LogP contribution in [0.5, 0.6) is 0 Å². The highest BCUT2D eigenvalue weighted by Crippen LogP contribution is 2.17. The average Bonchev–Trinajstić information content (AvgIpc) is 3.09. The van der Waals surface area contributed by atoms with Crippen LogP contribution in [0.3, 0.4) is 0 Å². The molecule has 0 saturated carbocycles. The second-order valence-corrected chi connectivity index (χ2v) is 5.26. The summed E-state index contributed by atoms with van der Waals surface area (Å²) in [5, 5.41) is 11.3. The molecule has 0 aliphatic carbocycles. The first-order valence-electron chi connectivity index (χ1n) is 6.69. The van der Waals surface area contributed by atoms with Crippen LogP contribution in [0, 0.1) is 0 Å². The van der Waals surface area contributed by atoms with Crippen LogP contribution >= 0.6 is 11.6 Å². The Morgan fingerprint density at radius 2 is 2.23 bits per heavy atom. The summed E-state index contributed by atoms with van der Waals surface area (Å²) in [6.07, 6.45) is 5.21. The van der Waals surface area contributed by atoms with Crippen LogP contribution in [0.1, 0.15) is 16.1 Å². The Morgan fingerprint density at radius 1 is 1.36 bits per heavy atom. The number of aromatic nitrogens is 4.